The van der Waals surface area contributed by atoms with Crippen LogP contribution in [0, 0.1) is 6.92 Å². The Morgan fingerprint density at radius 1 is 1.10 bits per heavy atom. The quantitative estimate of drug-likeness (QED) is 0.730. The van der Waals surface area contributed by atoms with Gasteiger partial charge in [0.15, 0.2) is 5.79 Å². The summed E-state index contributed by atoms with van der Waals surface area (Å²) in [4.78, 5) is 14.7. The predicted molar refractivity (Wildman–Crippen MR) is 106 cm³/mol. The van der Waals surface area contributed by atoms with Crippen LogP contribution >= 0.6 is 0 Å². The third-order valence-corrected chi connectivity index (χ3v) is 7.20. The highest BCUT2D eigenvalue weighted by molar-refractivity contribution is 7.95. The van der Waals surface area contributed by atoms with E-state index in [1.54, 1.807) is 65.0 Å². The Kier molecular flexibility index (Phi) is 4.42. The number of amides is 1. The maximum atomic E-state index is 13.4. The molecule has 2 saturated heterocycles. The lowest BCUT2D eigenvalue weighted by Gasteiger charge is -2.31. The van der Waals surface area contributed by atoms with Crippen molar-refractivity contribution in [3.05, 3.63) is 40.8 Å². The van der Waals surface area contributed by atoms with Gasteiger partial charge in [0.25, 0.3) is 0 Å². The second-order valence-electron chi connectivity index (χ2n) is 9.27. The van der Waals surface area contributed by atoms with E-state index in [4.69, 9.17) is 14.2 Å². The molecule has 1 amide bonds. The van der Waals surface area contributed by atoms with E-state index in [-0.39, 0.29) is 9.80 Å². The lowest BCUT2D eigenvalue weighted by Crippen LogP contribution is -2.45. The van der Waals surface area contributed by atoms with Gasteiger partial charge in [-0.2, -0.15) is 0 Å². The number of hydrogen-bond acceptors (Lipinski definition) is 6. The Morgan fingerprint density at radius 3 is 2.28 bits per heavy atom. The Morgan fingerprint density at radius 2 is 1.69 bits per heavy atom. The number of rotatable bonds is 2. The zero-order chi connectivity index (χ0) is 21.4. The van der Waals surface area contributed by atoms with Gasteiger partial charge >= 0.3 is 6.09 Å². The maximum Gasteiger partial charge on any atom is 0.411 e. The van der Waals surface area contributed by atoms with Crippen LogP contribution in [0.4, 0.5) is 4.79 Å². The predicted octanol–water partition coefficient (Wildman–Crippen LogP) is 3.17. The number of carbonyl (C=O) groups is 1. The maximum absolute atomic E-state index is 13.4. The van der Waals surface area contributed by atoms with E-state index in [1.807, 2.05) is 6.92 Å². The summed E-state index contributed by atoms with van der Waals surface area (Å²) in [5, 5.41) is 0. The van der Waals surface area contributed by atoms with E-state index in [9.17, 15) is 13.2 Å². The Hall–Kier alpha value is -1.90. The lowest BCUT2D eigenvalue weighted by molar-refractivity contribution is -0.160. The molecule has 2 bridgehead atoms. The molecule has 3 aliphatic heterocycles. The highest BCUT2D eigenvalue weighted by Gasteiger charge is 2.65. The van der Waals surface area contributed by atoms with Crippen molar-refractivity contribution in [1.29, 1.82) is 0 Å². The van der Waals surface area contributed by atoms with E-state index in [0.29, 0.717) is 0 Å². The summed E-state index contributed by atoms with van der Waals surface area (Å²) in [6, 6.07) is 5.34. The van der Waals surface area contributed by atoms with Crippen molar-refractivity contribution in [2.24, 2.45) is 0 Å². The highest BCUT2D eigenvalue weighted by Crippen LogP contribution is 2.49. The Balaban J connectivity index is 1.73. The number of fused-ring (bicyclic) bond motifs is 5. The Labute approximate surface area is 171 Å². The van der Waals surface area contributed by atoms with Gasteiger partial charge in [0.2, 0.25) is 9.84 Å². The summed E-state index contributed by atoms with van der Waals surface area (Å²) in [5.74, 6) is -0.844. The summed E-state index contributed by atoms with van der Waals surface area (Å²) in [5.41, 5.74) is 0.265. The largest absolute Gasteiger partial charge is 0.444 e. The molecule has 7 nitrogen and oxygen atoms in total. The second kappa shape index (κ2) is 6.30. The molecule has 4 atom stereocenters. The number of sulfone groups is 1. The van der Waals surface area contributed by atoms with Gasteiger partial charge in [-0.05, 0) is 59.8 Å². The first-order valence-corrected chi connectivity index (χ1v) is 11.2. The van der Waals surface area contributed by atoms with Crippen molar-refractivity contribution in [2.45, 2.75) is 82.1 Å². The molecule has 0 aliphatic carbocycles. The smallest absolute Gasteiger partial charge is 0.411 e. The minimum Gasteiger partial charge on any atom is -0.444 e. The molecule has 0 saturated carbocycles. The average Bonchev–Trinajstić information content (AvgIpc) is 3.18. The van der Waals surface area contributed by atoms with Crippen molar-refractivity contribution in [3.63, 3.8) is 0 Å². The van der Waals surface area contributed by atoms with Crippen molar-refractivity contribution < 1.29 is 27.4 Å². The van der Waals surface area contributed by atoms with E-state index >= 15 is 0 Å². The third-order valence-electron chi connectivity index (χ3n) is 5.30. The second-order valence-corrected chi connectivity index (χ2v) is 11.2. The van der Waals surface area contributed by atoms with Crippen LogP contribution in [0.15, 0.2) is 40.1 Å². The monoisotopic (exact) mass is 421 g/mol. The minimum atomic E-state index is -3.80. The molecule has 4 rings (SSSR count). The molecule has 1 aromatic carbocycles. The molecule has 3 aliphatic rings. The number of ether oxygens (including phenoxy) is 3. The molecule has 2 fully saturated rings. The zero-order valence-electron chi connectivity index (χ0n) is 17.5. The van der Waals surface area contributed by atoms with Crippen LogP contribution in [0.2, 0.25) is 0 Å². The summed E-state index contributed by atoms with van der Waals surface area (Å²) >= 11 is 0. The third kappa shape index (κ3) is 3.37. The standard InChI is InChI=1S/C21H27NO6S/c1-12-7-9-13(10-8-12)29(24,25)15-11-14-17-18(27-21(5,6)26-17)16(15)22(14)19(23)28-20(2,3)4/h7-11,14,16-18H,1-6H3/t14-,16+,17-,18+/m0/s1. The van der Waals surface area contributed by atoms with Crippen molar-refractivity contribution in [2.75, 3.05) is 0 Å². The molecule has 0 N–H and O–H groups in total. The first-order valence-electron chi connectivity index (χ1n) is 9.71. The fourth-order valence-corrected chi connectivity index (χ4v) is 5.87. The van der Waals surface area contributed by atoms with E-state index in [0.717, 1.165) is 5.56 Å². The SMILES string of the molecule is Cc1ccc(S(=O)(=O)C2=C[C@H]3[C@@H]4OC(C)(C)O[C@@H]4[C@@H]2N3C(=O)OC(C)(C)C)cc1. The molecule has 29 heavy (non-hydrogen) atoms. The van der Waals surface area contributed by atoms with Crippen LogP contribution in [0.5, 0.6) is 0 Å². The van der Waals surface area contributed by atoms with Gasteiger partial charge in [0, 0.05) is 0 Å². The van der Waals surface area contributed by atoms with Gasteiger partial charge in [-0.25, -0.2) is 13.2 Å². The molecule has 0 spiro atoms. The Bertz CT molecular complexity index is 973. The summed E-state index contributed by atoms with van der Waals surface area (Å²) < 4.78 is 44.3. The van der Waals surface area contributed by atoms with Crippen LogP contribution in [0.25, 0.3) is 0 Å². The zero-order valence-corrected chi connectivity index (χ0v) is 18.3. The molecule has 158 valence electrons. The van der Waals surface area contributed by atoms with Crippen LogP contribution in [0.1, 0.15) is 40.2 Å². The van der Waals surface area contributed by atoms with Gasteiger partial charge in [-0.1, -0.05) is 17.7 Å². The average molecular weight is 422 g/mol. The highest BCUT2D eigenvalue weighted by atomic mass is 32.2. The van der Waals surface area contributed by atoms with Crippen LogP contribution in [0.3, 0.4) is 0 Å². The normalized spacial score (nSPS) is 30.3. The van der Waals surface area contributed by atoms with Crippen molar-refractivity contribution in [3.8, 4) is 0 Å². The summed E-state index contributed by atoms with van der Waals surface area (Å²) in [6.45, 7) is 10.8. The van der Waals surface area contributed by atoms with E-state index < -0.39 is 51.6 Å². The first-order chi connectivity index (χ1) is 13.3. The molecule has 8 heteroatoms. The van der Waals surface area contributed by atoms with Crippen LogP contribution in [-0.2, 0) is 24.0 Å². The van der Waals surface area contributed by atoms with Gasteiger partial charge in [-0.3, -0.25) is 4.90 Å². The molecule has 1 aromatic rings. The van der Waals surface area contributed by atoms with Crippen molar-refractivity contribution in [1.82, 2.24) is 4.90 Å². The van der Waals surface area contributed by atoms with E-state index in [2.05, 4.69) is 0 Å². The van der Waals surface area contributed by atoms with Gasteiger partial charge in [-0.15, -0.1) is 0 Å². The molecule has 3 heterocycles. The number of nitrogens with zero attached hydrogens (tertiary/aromatic N) is 1. The van der Waals surface area contributed by atoms with Gasteiger partial charge in [0.1, 0.15) is 23.9 Å². The fourth-order valence-electron chi connectivity index (χ4n) is 4.22. The van der Waals surface area contributed by atoms with Crippen LogP contribution < -0.4 is 0 Å². The molecule has 0 unspecified atom stereocenters. The molecule has 0 radical (unpaired) electrons. The first kappa shape index (κ1) is 20.4. The van der Waals surface area contributed by atoms with E-state index in [1.165, 1.54) is 4.90 Å². The van der Waals surface area contributed by atoms with Gasteiger partial charge in [0.05, 0.1) is 15.8 Å². The molecule has 0 aromatic heterocycles. The summed E-state index contributed by atoms with van der Waals surface area (Å²) in [6.07, 6.45) is 0.0508. The molecular weight excluding hydrogens is 394 g/mol. The van der Waals surface area contributed by atoms with Crippen LogP contribution in [-0.4, -0.2) is 55.1 Å². The number of aryl methyl sites for hydroxylation is 1. The molecular formula is C21H27NO6S. The summed E-state index contributed by atoms with van der Waals surface area (Å²) in [7, 11) is -3.80. The van der Waals surface area contributed by atoms with Crippen molar-refractivity contribution >= 4 is 15.9 Å². The minimum absolute atomic E-state index is 0.166. The number of carbonyl (C=O) groups excluding carboxylic acids is 1. The van der Waals surface area contributed by atoms with Gasteiger partial charge < -0.3 is 14.2 Å². The fraction of sp³-hybridized carbons (Fsp3) is 0.571. The topological polar surface area (TPSA) is 82.1 Å². The number of benzene rings is 1. The number of hydrogen-bond donors (Lipinski definition) is 0. The lowest BCUT2D eigenvalue weighted by atomic mass is 10.0.